The molecule has 5 nitrogen and oxygen atoms in total. The Morgan fingerprint density at radius 2 is 2.11 bits per heavy atom. The first-order valence-electron chi connectivity index (χ1n) is 9.03. The van der Waals surface area contributed by atoms with Gasteiger partial charge in [-0.1, -0.05) is 18.2 Å². The highest BCUT2D eigenvalue weighted by Gasteiger charge is 2.20. The number of nitrogens with one attached hydrogen (secondary N) is 1. The Morgan fingerprint density at radius 1 is 1.25 bits per heavy atom. The van der Waals surface area contributed by atoms with Crippen molar-refractivity contribution in [3.05, 3.63) is 63.0 Å². The summed E-state index contributed by atoms with van der Waals surface area (Å²) in [6.07, 6.45) is 0. The highest BCUT2D eigenvalue weighted by Crippen LogP contribution is 2.30. The molecule has 0 unspecified atom stereocenters. The molecule has 0 aliphatic heterocycles. The number of para-hydroxylation sites is 1. The van der Waals surface area contributed by atoms with Gasteiger partial charge in [-0.3, -0.25) is 4.79 Å². The molecule has 0 aliphatic carbocycles. The third-order valence-corrected chi connectivity index (χ3v) is 6.19. The second-order valence-electron chi connectivity index (χ2n) is 6.24. The molecule has 0 aliphatic rings. The highest BCUT2D eigenvalue weighted by atomic mass is 32.1. The van der Waals surface area contributed by atoms with Crippen LogP contribution >= 0.6 is 22.7 Å². The molecule has 0 bridgehead atoms. The van der Waals surface area contributed by atoms with Crippen molar-refractivity contribution < 1.29 is 13.9 Å². The smallest absolute Gasteiger partial charge is 0.287 e. The standard InChI is InChI=1S/C21H20N2O3S2/c1-3-25-11-16-15-6-4-5-7-18(15)26-20(16)21(24)22-10-14-8-9-19(28-14)17-12-27-13(2)23-17/h4-9,12H,3,10-11H2,1-2H3,(H,22,24). The van der Waals surface area contributed by atoms with Crippen molar-refractivity contribution in [2.75, 3.05) is 6.61 Å². The van der Waals surface area contributed by atoms with Gasteiger partial charge in [0.25, 0.3) is 5.91 Å². The highest BCUT2D eigenvalue weighted by molar-refractivity contribution is 7.16. The van der Waals surface area contributed by atoms with E-state index >= 15 is 0 Å². The predicted molar refractivity (Wildman–Crippen MR) is 113 cm³/mol. The molecule has 3 heterocycles. The fourth-order valence-electron chi connectivity index (χ4n) is 2.96. The number of thiazole rings is 1. The van der Waals surface area contributed by atoms with E-state index < -0.39 is 0 Å². The summed E-state index contributed by atoms with van der Waals surface area (Å²) in [6.45, 7) is 5.30. The molecule has 0 saturated heterocycles. The van der Waals surface area contributed by atoms with Gasteiger partial charge in [-0.15, -0.1) is 22.7 Å². The van der Waals surface area contributed by atoms with E-state index in [4.69, 9.17) is 9.15 Å². The molecule has 0 saturated carbocycles. The first kappa shape index (κ1) is 18.9. The van der Waals surface area contributed by atoms with Crippen LogP contribution in [-0.2, 0) is 17.9 Å². The number of benzene rings is 1. The maximum atomic E-state index is 12.8. The summed E-state index contributed by atoms with van der Waals surface area (Å²) < 4.78 is 11.4. The number of ether oxygens (including phenoxy) is 1. The van der Waals surface area contributed by atoms with Crippen molar-refractivity contribution >= 4 is 39.5 Å². The third kappa shape index (κ3) is 3.87. The first-order valence-corrected chi connectivity index (χ1v) is 10.7. The Hall–Kier alpha value is -2.48. The number of hydrogen-bond donors (Lipinski definition) is 1. The number of rotatable bonds is 7. The van der Waals surface area contributed by atoms with E-state index in [1.165, 1.54) is 0 Å². The van der Waals surface area contributed by atoms with Gasteiger partial charge in [0.05, 0.1) is 28.7 Å². The van der Waals surface area contributed by atoms with E-state index in [0.29, 0.717) is 31.1 Å². The zero-order valence-electron chi connectivity index (χ0n) is 15.7. The minimum absolute atomic E-state index is 0.231. The Balaban J connectivity index is 1.50. The topological polar surface area (TPSA) is 64.4 Å². The summed E-state index contributed by atoms with van der Waals surface area (Å²) in [5, 5.41) is 6.98. The Kier molecular flexibility index (Phi) is 5.57. The van der Waals surface area contributed by atoms with Gasteiger partial charge in [-0.05, 0) is 32.0 Å². The summed E-state index contributed by atoms with van der Waals surface area (Å²) in [5.74, 6) is 0.0897. The molecule has 0 radical (unpaired) electrons. The van der Waals surface area contributed by atoms with Crippen molar-refractivity contribution in [3.8, 4) is 10.6 Å². The lowest BCUT2D eigenvalue weighted by molar-refractivity contribution is 0.0912. The summed E-state index contributed by atoms with van der Waals surface area (Å²) in [5.41, 5.74) is 2.47. The molecule has 1 amide bonds. The van der Waals surface area contributed by atoms with Gasteiger partial charge in [0, 0.05) is 27.8 Å². The van der Waals surface area contributed by atoms with Gasteiger partial charge >= 0.3 is 0 Å². The number of amides is 1. The number of aryl methyl sites for hydroxylation is 1. The van der Waals surface area contributed by atoms with Gasteiger partial charge < -0.3 is 14.5 Å². The molecule has 1 N–H and O–H groups in total. The molecule has 4 aromatic rings. The van der Waals surface area contributed by atoms with Crippen molar-refractivity contribution in [2.24, 2.45) is 0 Å². The zero-order valence-corrected chi connectivity index (χ0v) is 17.3. The Labute approximate surface area is 171 Å². The van der Waals surface area contributed by atoms with E-state index in [2.05, 4.69) is 15.7 Å². The Morgan fingerprint density at radius 3 is 2.89 bits per heavy atom. The molecular weight excluding hydrogens is 392 g/mol. The van der Waals surface area contributed by atoms with Crippen LogP contribution in [0.25, 0.3) is 21.5 Å². The average molecular weight is 413 g/mol. The maximum Gasteiger partial charge on any atom is 0.287 e. The van der Waals surface area contributed by atoms with Crippen LogP contribution in [0.5, 0.6) is 0 Å². The monoisotopic (exact) mass is 412 g/mol. The second-order valence-corrected chi connectivity index (χ2v) is 8.47. The van der Waals surface area contributed by atoms with Crippen LogP contribution in [0.15, 0.2) is 46.2 Å². The molecule has 0 fully saturated rings. The fraction of sp³-hybridized carbons (Fsp3) is 0.238. The summed E-state index contributed by atoms with van der Waals surface area (Å²) >= 11 is 3.27. The summed E-state index contributed by atoms with van der Waals surface area (Å²) in [7, 11) is 0. The molecule has 3 aromatic heterocycles. The average Bonchev–Trinajstić information content (AvgIpc) is 3.42. The lowest BCUT2D eigenvalue weighted by Gasteiger charge is -2.05. The molecule has 7 heteroatoms. The van der Waals surface area contributed by atoms with E-state index in [1.807, 2.05) is 50.2 Å². The van der Waals surface area contributed by atoms with Gasteiger partial charge in [0.1, 0.15) is 5.58 Å². The van der Waals surface area contributed by atoms with E-state index in [0.717, 1.165) is 31.4 Å². The second kappa shape index (κ2) is 8.26. The largest absolute Gasteiger partial charge is 0.451 e. The number of fused-ring (bicyclic) bond motifs is 1. The first-order chi connectivity index (χ1) is 13.7. The molecular formula is C21H20N2O3S2. The number of nitrogens with zero attached hydrogens (tertiary/aromatic N) is 1. The minimum atomic E-state index is -0.231. The third-order valence-electron chi connectivity index (χ3n) is 4.31. The SMILES string of the molecule is CCOCc1c(C(=O)NCc2ccc(-c3csc(C)n3)s2)oc2ccccc12. The van der Waals surface area contributed by atoms with Crippen molar-refractivity contribution in [1.29, 1.82) is 0 Å². The lowest BCUT2D eigenvalue weighted by Crippen LogP contribution is -2.23. The van der Waals surface area contributed by atoms with Crippen LogP contribution in [0.3, 0.4) is 0 Å². The van der Waals surface area contributed by atoms with Crippen LogP contribution in [0.4, 0.5) is 0 Å². The number of carbonyl (C=O) groups is 1. The molecule has 1 aromatic carbocycles. The minimum Gasteiger partial charge on any atom is -0.451 e. The number of furan rings is 1. The van der Waals surface area contributed by atoms with E-state index in [9.17, 15) is 4.79 Å². The van der Waals surface area contributed by atoms with E-state index in [-0.39, 0.29) is 5.91 Å². The van der Waals surface area contributed by atoms with Crippen LogP contribution in [0.2, 0.25) is 0 Å². The van der Waals surface area contributed by atoms with Crippen LogP contribution in [0.1, 0.15) is 32.9 Å². The Bertz CT molecular complexity index is 1110. The predicted octanol–water partition coefficient (Wildman–Crippen LogP) is 5.39. The van der Waals surface area contributed by atoms with E-state index in [1.54, 1.807) is 22.7 Å². The van der Waals surface area contributed by atoms with Crippen LogP contribution in [-0.4, -0.2) is 17.5 Å². The number of hydrogen-bond acceptors (Lipinski definition) is 6. The van der Waals surface area contributed by atoms with Gasteiger partial charge in [0.15, 0.2) is 5.76 Å². The lowest BCUT2D eigenvalue weighted by atomic mass is 10.1. The molecule has 144 valence electrons. The fourth-order valence-corrected chi connectivity index (χ4v) is 4.56. The van der Waals surface area contributed by atoms with Gasteiger partial charge in [0.2, 0.25) is 0 Å². The van der Waals surface area contributed by atoms with Crippen LogP contribution < -0.4 is 5.32 Å². The zero-order chi connectivity index (χ0) is 19.5. The molecule has 0 atom stereocenters. The molecule has 28 heavy (non-hydrogen) atoms. The maximum absolute atomic E-state index is 12.8. The molecule has 0 spiro atoms. The van der Waals surface area contributed by atoms with Crippen molar-refractivity contribution in [1.82, 2.24) is 10.3 Å². The van der Waals surface area contributed by atoms with Crippen molar-refractivity contribution in [3.63, 3.8) is 0 Å². The summed E-state index contributed by atoms with van der Waals surface area (Å²) in [6, 6.07) is 11.7. The van der Waals surface area contributed by atoms with Crippen LogP contribution in [0, 0.1) is 6.92 Å². The normalized spacial score (nSPS) is 11.2. The quantitative estimate of drug-likeness (QED) is 0.442. The number of aromatic nitrogens is 1. The van der Waals surface area contributed by atoms with Gasteiger partial charge in [-0.2, -0.15) is 0 Å². The molecule has 4 rings (SSSR count). The number of thiophene rings is 1. The van der Waals surface area contributed by atoms with Crippen molar-refractivity contribution in [2.45, 2.75) is 27.0 Å². The summed E-state index contributed by atoms with van der Waals surface area (Å²) in [4.78, 5) is 19.5. The van der Waals surface area contributed by atoms with Gasteiger partial charge in [-0.25, -0.2) is 4.98 Å². The number of carbonyl (C=O) groups excluding carboxylic acids is 1.